The van der Waals surface area contributed by atoms with Gasteiger partial charge >= 0.3 is 26.2 Å². The number of rotatable bonds is 7. The lowest BCUT2D eigenvalue weighted by atomic mass is 9.95. The predicted octanol–water partition coefficient (Wildman–Crippen LogP) is 3.60. The molecule has 10 nitrogen and oxygen atoms in total. The first-order chi connectivity index (χ1) is 18.0. The second-order valence-electron chi connectivity index (χ2n) is 9.01. The lowest BCUT2D eigenvalue weighted by molar-refractivity contribution is -0.159. The van der Waals surface area contributed by atoms with Gasteiger partial charge in [-0.3, -0.25) is 0 Å². The van der Waals surface area contributed by atoms with Crippen molar-refractivity contribution in [2.24, 2.45) is 0 Å². The Morgan fingerprint density at radius 1 is 0.842 bits per heavy atom. The normalized spacial score (nSPS) is 20.2. The van der Waals surface area contributed by atoms with E-state index in [0.717, 1.165) is 11.1 Å². The molecule has 0 bridgehead atoms. The molecule has 3 aromatic carbocycles. The smallest absolute Gasteiger partial charge is 0.339 e. The lowest BCUT2D eigenvalue weighted by Gasteiger charge is -2.15. The Kier molecular flexibility index (Phi) is 6.58. The summed E-state index contributed by atoms with van der Waals surface area (Å²) in [5.74, 6) is -1.46. The van der Waals surface area contributed by atoms with Gasteiger partial charge < -0.3 is 22.6 Å². The van der Waals surface area contributed by atoms with E-state index >= 15 is 0 Å². The zero-order chi connectivity index (χ0) is 27.2. The summed E-state index contributed by atoms with van der Waals surface area (Å²) >= 11 is 0. The van der Waals surface area contributed by atoms with Crippen LogP contribution in [0.1, 0.15) is 29.0 Å². The van der Waals surface area contributed by atoms with E-state index in [-0.39, 0.29) is 33.5 Å². The summed E-state index contributed by atoms with van der Waals surface area (Å²) in [5.41, 5.74) is 2.04. The van der Waals surface area contributed by atoms with Crippen molar-refractivity contribution in [1.29, 1.82) is 0 Å². The molecule has 0 aromatic heterocycles. The maximum absolute atomic E-state index is 13.1. The molecule has 12 heteroatoms. The maximum Gasteiger partial charge on any atom is 0.339 e. The van der Waals surface area contributed by atoms with Gasteiger partial charge in [0.05, 0.1) is 13.0 Å². The average Bonchev–Trinajstić information content (AvgIpc) is 3.41. The van der Waals surface area contributed by atoms with Crippen molar-refractivity contribution in [3.8, 4) is 17.2 Å². The number of fused-ring (bicyclic) bond motifs is 3. The average molecular weight is 561 g/mol. The largest absolute Gasteiger partial charge is 0.467 e. The van der Waals surface area contributed by atoms with Gasteiger partial charge in [0.25, 0.3) is 0 Å². The van der Waals surface area contributed by atoms with Crippen molar-refractivity contribution >= 4 is 26.2 Å². The number of carbonyl (C=O) groups excluding carboxylic acids is 1. The maximum atomic E-state index is 13.1. The van der Waals surface area contributed by atoms with E-state index in [2.05, 4.69) is 0 Å². The number of carbonyl (C=O) groups is 1. The van der Waals surface area contributed by atoms with Gasteiger partial charge in [-0.25, -0.2) is 4.79 Å². The molecule has 0 aliphatic carbocycles. The molecule has 5 rings (SSSR count). The zero-order valence-corrected chi connectivity index (χ0v) is 22.2. The molecule has 1 saturated heterocycles. The predicted molar refractivity (Wildman–Crippen MR) is 133 cm³/mol. The highest BCUT2D eigenvalue weighted by molar-refractivity contribution is 7.87. The quantitative estimate of drug-likeness (QED) is 0.312. The van der Waals surface area contributed by atoms with Crippen molar-refractivity contribution in [1.82, 2.24) is 0 Å². The highest BCUT2D eigenvalue weighted by Crippen LogP contribution is 2.52. The third-order valence-corrected chi connectivity index (χ3v) is 8.79. The van der Waals surface area contributed by atoms with Crippen molar-refractivity contribution in [3.63, 3.8) is 0 Å². The molecule has 2 aliphatic rings. The monoisotopic (exact) mass is 560 g/mol. The highest BCUT2D eigenvalue weighted by atomic mass is 32.2. The number of hydrogen-bond donors (Lipinski definition) is 0. The van der Waals surface area contributed by atoms with Crippen LogP contribution >= 0.6 is 0 Å². The zero-order valence-electron chi connectivity index (χ0n) is 20.6. The van der Waals surface area contributed by atoms with Crippen molar-refractivity contribution in [2.45, 2.75) is 48.4 Å². The molecule has 0 saturated carbocycles. The molecule has 0 amide bonds. The molecule has 2 heterocycles. The van der Waals surface area contributed by atoms with Crippen LogP contribution in [0.4, 0.5) is 0 Å². The van der Waals surface area contributed by atoms with Gasteiger partial charge in [0, 0.05) is 17.7 Å². The number of ether oxygens (including phenoxy) is 3. The van der Waals surface area contributed by atoms with Gasteiger partial charge in [0.2, 0.25) is 6.29 Å². The van der Waals surface area contributed by atoms with Crippen LogP contribution in [0.25, 0.3) is 0 Å². The Labute approximate surface area is 220 Å². The van der Waals surface area contributed by atoms with Gasteiger partial charge in [-0.1, -0.05) is 35.4 Å². The number of esters is 1. The molecular formula is C26H24O10S2. The Morgan fingerprint density at radius 2 is 1.39 bits per heavy atom. The van der Waals surface area contributed by atoms with E-state index in [1.165, 1.54) is 43.5 Å². The first-order valence-electron chi connectivity index (χ1n) is 11.6. The van der Waals surface area contributed by atoms with Crippen molar-refractivity contribution in [2.75, 3.05) is 7.11 Å². The number of benzene rings is 3. The topological polar surface area (TPSA) is 132 Å². The summed E-state index contributed by atoms with van der Waals surface area (Å²) < 4.78 is 79.2. The Bertz CT molecular complexity index is 1590. The van der Waals surface area contributed by atoms with Crippen molar-refractivity contribution in [3.05, 3.63) is 77.4 Å². The molecule has 0 N–H and O–H groups in total. The molecule has 3 atom stereocenters. The van der Waals surface area contributed by atoms with Crippen LogP contribution in [-0.2, 0) is 34.5 Å². The van der Waals surface area contributed by atoms with Gasteiger partial charge in [0.1, 0.15) is 21.3 Å². The van der Waals surface area contributed by atoms with Gasteiger partial charge in [-0.15, -0.1) is 0 Å². The molecule has 0 spiro atoms. The Balaban J connectivity index is 1.54. The minimum atomic E-state index is -4.33. The van der Waals surface area contributed by atoms with Crippen LogP contribution in [0.3, 0.4) is 0 Å². The minimum absolute atomic E-state index is 0.0830. The third-order valence-electron chi connectivity index (χ3n) is 6.28. The molecule has 0 radical (unpaired) electrons. The second-order valence-corrected chi connectivity index (χ2v) is 12.1. The first kappa shape index (κ1) is 26.0. The molecule has 3 aromatic rings. The van der Waals surface area contributed by atoms with Crippen LogP contribution in [0.5, 0.6) is 17.2 Å². The van der Waals surface area contributed by atoms with Crippen LogP contribution in [0.2, 0.25) is 0 Å². The van der Waals surface area contributed by atoms with Gasteiger partial charge in [-0.2, -0.15) is 16.8 Å². The lowest BCUT2D eigenvalue weighted by Crippen LogP contribution is -2.24. The standard InChI is InChI=1S/C26H24O10S2/c1-15-4-8-18(9-5-15)37(28,29)35-17-12-21-24(20-14-23(25(27)32-3)34-26(20)33-21)22(13-17)36-38(30,31)19-10-6-16(2)7-11-19/h4-13,20,23,26H,14H2,1-3H3/t20-,23+,26-/m1/s1. The minimum Gasteiger partial charge on any atom is -0.467 e. The molecule has 2 aliphatic heterocycles. The molecular weight excluding hydrogens is 536 g/mol. The van der Waals surface area contributed by atoms with E-state index < -0.39 is 44.5 Å². The summed E-state index contributed by atoms with van der Waals surface area (Å²) in [6.45, 7) is 3.63. The highest BCUT2D eigenvalue weighted by Gasteiger charge is 2.49. The van der Waals surface area contributed by atoms with Crippen LogP contribution in [0, 0.1) is 13.8 Å². The fourth-order valence-electron chi connectivity index (χ4n) is 4.33. The van der Waals surface area contributed by atoms with Crippen LogP contribution in [0.15, 0.2) is 70.5 Å². The molecule has 1 fully saturated rings. The van der Waals surface area contributed by atoms with Crippen LogP contribution in [-0.4, -0.2) is 42.3 Å². The number of hydrogen-bond acceptors (Lipinski definition) is 10. The Hall–Kier alpha value is -3.61. The van der Waals surface area contributed by atoms with E-state index in [4.69, 9.17) is 22.6 Å². The van der Waals surface area contributed by atoms with E-state index in [1.807, 2.05) is 13.8 Å². The molecule has 38 heavy (non-hydrogen) atoms. The summed E-state index contributed by atoms with van der Waals surface area (Å²) in [6, 6.07) is 14.6. The number of aryl methyl sites for hydroxylation is 2. The fraction of sp³-hybridized carbons (Fsp3) is 0.269. The summed E-state index contributed by atoms with van der Waals surface area (Å²) in [5, 5.41) is 0. The van der Waals surface area contributed by atoms with E-state index in [0.29, 0.717) is 5.56 Å². The fourth-order valence-corrected chi connectivity index (χ4v) is 6.19. The molecule has 0 unspecified atom stereocenters. The summed E-state index contributed by atoms with van der Waals surface area (Å²) in [7, 11) is -7.35. The van der Waals surface area contributed by atoms with E-state index in [1.54, 1.807) is 24.3 Å². The van der Waals surface area contributed by atoms with Crippen molar-refractivity contribution < 1.29 is 44.2 Å². The third kappa shape index (κ3) is 4.94. The Morgan fingerprint density at radius 3 is 1.95 bits per heavy atom. The summed E-state index contributed by atoms with van der Waals surface area (Å²) in [6.07, 6.45) is -1.70. The van der Waals surface area contributed by atoms with Gasteiger partial charge in [0.15, 0.2) is 11.9 Å². The van der Waals surface area contributed by atoms with Gasteiger partial charge in [-0.05, 0) is 44.5 Å². The second kappa shape index (κ2) is 9.61. The SMILES string of the molecule is COC(=O)[C@@H]1C[C@@H]2c3c(cc(OS(=O)(=O)c4ccc(C)cc4)cc3OS(=O)(=O)c3ccc(C)cc3)O[C@@H]2O1. The number of methoxy groups -OCH3 is 1. The summed E-state index contributed by atoms with van der Waals surface area (Å²) in [4.78, 5) is 11.9. The van der Waals surface area contributed by atoms with E-state index in [9.17, 15) is 21.6 Å². The molecule has 200 valence electrons. The first-order valence-corrected chi connectivity index (χ1v) is 14.4. The van der Waals surface area contributed by atoms with Crippen LogP contribution < -0.4 is 13.1 Å².